The van der Waals surface area contributed by atoms with Gasteiger partial charge in [0.25, 0.3) is 5.56 Å². The lowest BCUT2D eigenvalue weighted by atomic mass is 10.2. The van der Waals surface area contributed by atoms with Crippen LogP contribution < -0.4 is 16.0 Å². The Bertz CT molecular complexity index is 1020. The van der Waals surface area contributed by atoms with Crippen LogP contribution in [-0.2, 0) is 0 Å². The molecule has 0 saturated carbocycles. The van der Waals surface area contributed by atoms with E-state index in [2.05, 4.69) is 17.0 Å². The summed E-state index contributed by atoms with van der Waals surface area (Å²) in [6.45, 7) is 4.07. The average molecular weight is 337 g/mol. The minimum atomic E-state index is -0.573. The zero-order chi connectivity index (χ0) is 17.8. The Labute approximate surface area is 144 Å². The van der Waals surface area contributed by atoms with Crippen molar-refractivity contribution < 1.29 is 4.74 Å². The van der Waals surface area contributed by atoms with E-state index in [9.17, 15) is 9.59 Å². The lowest BCUT2D eigenvalue weighted by Crippen LogP contribution is -2.32. The fourth-order valence-electron chi connectivity index (χ4n) is 2.33. The van der Waals surface area contributed by atoms with E-state index >= 15 is 0 Å². The molecule has 0 bridgehead atoms. The fraction of sp³-hybridized carbons (Fsp3) is 0.211. The lowest BCUT2D eigenvalue weighted by Gasteiger charge is -2.12. The molecule has 1 unspecified atom stereocenters. The molecular formula is C19H19N3O3. The lowest BCUT2D eigenvalue weighted by molar-refractivity contribution is 0.217. The standard InChI is InChI=1S/C19H19N3O3/c1-3-13(2)25-15-10-8-14(9-11-15)12-20-22-18(23)16-6-4-5-7-17(16)21-19(22)24/h4-13H,3H2,1-2H3,(H,21,24). The summed E-state index contributed by atoms with van der Waals surface area (Å²) in [5.74, 6) is 0.771. The third-order valence-electron chi connectivity index (χ3n) is 3.90. The molecule has 1 N–H and O–H groups in total. The zero-order valence-corrected chi connectivity index (χ0v) is 14.1. The molecule has 0 amide bonds. The number of H-pyrrole nitrogens is 1. The minimum absolute atomic E-state index is 0.147. The number of aromatic amines is 1. The molecule has 0 aliphatic heterocycles. The van der Waals surface area contributed by atoms with Gasteiger partial charge in [-0.15, -0.1) is 4.68 Å². The highest BCUT2D eigenvalue weighted by Crippen LogP contribution is 2.14. The van der Waals surface area contributed by atoms with Crippen molar-refractivity contribution in [3.05, 3.63) is 74.9 Å². The molecular weight excluding hydrogens is 318 g/mol. The maximum absolute atomic E-state index is 12.4. The van der Waals surface area contributed by atoms with Gasteiger partial charge in [-0.3, -0.25) is 4.79 Å². The van der Waals surface area contributed by atoms with E-state index in [-0.39, 0.29) is 6.10 Å². The normalized spacial score (nSPS) is 12.6. The number of nitrogens with zero attached hydrogens (tertiary/aromatic N) is 2. The van der Waals surface area contributed by atoms with Gasteiger partial charge in [-0.1, -0.05) is 19.1 Å². The first-order valence-corrected chi connectivity index (χ1v) is 8.13. The molecule has 128 valence electrons. The molecule has 25 heavy (non-hydrogen) atoms. The van der Waals surface area contributed by atoms with E-state index in [1.54, 1.807) is 24.3 Å². The maximum atomic E-state index is 12.4. The van der Waals surface area contributed by atoms with Crippen LogP contribution in [0.4, 0.5) is 0 Å². The Hall–Kier alpha value is -3.15. The highest BCUT2D eigenvalue weighted by molar-refractivity contribution is 5.80. The molecule has 0 aliphatic rings. The molecule has 0 spiro atoms. The van der Waals surface area contributed by atoms with Crippen molar-refractivity contribution in [3.8, 4) is 5.75 Å². The van der Waals surface area contributed by atoms with Gasteiger partial charge in [0.2, 0.25) is 0 Å². The van der Waals surface area contributed by atoms with Gasteiger partial charge < -0.3 is 9.72 Å². The van der Waals surface area contributed by atoms with Crippen molar-refractivity contribution in [2.24, 2.45) is 5.10 Å². The highest BCUT2D eigenvalue weighted by Gasteiger charge is 2.05. The van der Waals surface area contributed by atoms with E-state index in [4.69, 9.17) is 4.74 Å². The summed E-state index contributed by atoms with van der Waals surface area (Å²) >= 11 is 0. The molecule has 3 rings (SSSR count). The second-order valence-corrected chi connectivity index (χ2v) is 5.74. The highest BCUT2D eigenvalue weighted by atomic mass is 16.5. The zero-order valence-electron chi connectivity index (χ0n) is 14.1. The topological polar surface area (TPSA) is 76.5 Å². The average Bonchev–Trinajstić information content (AvgIpc) is 2.62. The van der Waals surface area contributed by atoms with Gasteiger partial charge in [-0.25, -0.2) is 4.79 Å². The summed E-state index contributed by atoms with van der Waals surface area (Å²) in [5, 5.41) is 4.44. The molecule has 1 atom stereocenters. The van der Waals surface area contributed by atoms with Gasteiger partial charge in [0.15, 0.2) is 0 Å². The Morgan fingerprint density at radius 2 is 1.88 bits per heavy atom. The van der Waals surface area contributed by atoms with E-state index in [1.807, 2.05) is 31.2 Å². The number of nitrogens with one attached hydrogen (secondary N) is 1. The molecule has 6 heteroatoms. The second-order valence-electron chi connectivity index (χ2n) is 5.74. The molecule has 1 aromatic heterocycles. The molecule has 0 saturated heterocycles. The first kappa shape index (κ1) is 16.7. The van der Waals surface area contributed by atoms with E-state index in [0.29, 0.717) is 10.9 Å². The first-order chi connectivity index (χ1) is 12.1. The number of hydrogen-bond acceptors (Lipinski definition) is 4. The molecule has 2 aromatic carbocycles. The Balaban J connectivity index is 1.88. The van der Waals surface area contributed by atoms with Gasteiger partial charge in [0.1, 0.15) is 5.75 Å². The van der Waals surface area contributed by atoms with Crippen molar-refractivity contribution in [3.63, 3.8) is 0 Å². The number of rotatable bonds is 5. The molecule has 0 fully saturated rings. The number of aromatic nitrogens is 2. The van der Waals surface area contributed by atoms with Crippen LogP contribution in [0.2, 0.25) is 0 Å². The van der Waals surface area contributed by atoms with Crippen LogP contribution >= 0.6 is 0 Å². The van der Waals surface area contributed by atoms with Gasteiger partial charge >= 0.3 is 5.69 Å². The molecule has 0 radical (unpaired) electrons. The van der Waals surface area contributed by atoms with E-state index in [0.717, 1.165) is 22.4 Å². The summed E-state index contributed by atoms with van der Waals surface area (Å²) in [7, 11) is 0. The van der Waals surface area contributed by atoms with Gasteiger partial charge in [0, 0.05) is 0 Å². The molecule has 3 aromatic rings. The number of hydrogen-bond donors (Lipinski definition) is 1. The summed E-state index contributed by atoms with van der Waals surface area (Å²) < 4.78 is 6.54. The molecule has 1 heterocycles. The van der Waals surface area contributed by atoms with Crippen LogP contribution in [0.15, 0.2) is 63.2 Å². The first-order valence-electron chi connectivity index (χ1n) is 8.13. The summed E-state index contributed by atoms with van der Waals surface area (Å²) in [6, 6.07) is 14.1. The van der Waals surface area contributed by atoms with Gasteiger partial charge in [-0.05, 0) is 55.3 Å². The summed E-state index contributed by atoms with van der Waals surface area (Å²) in [4.78, 5) is 27.1. The quantitative estimate of drug-likeness (QED) is 0.727. The molecule has 0 aliphatic carbocycles. The Morgan fingerprint density at radius 1 is 1.16 bits per heavy atom. The SMILES string of the molecule is CCC(C)Oc1ccc(C=Nn2c(=O)[nH]c3ccccc3c2=O)cc1. The predicted octanol–water partition coefficient (Wildman–Crippen LogP) is 2.75. The van der Waals surface area contributed by atoms with Gasteiger partial charge in [0.05, 0.1) is 23.2 Å². The predicted molar refractivity (Wildman–Crippen MR) is 98.6 cm³/mol. The maximum Gasteiger partial charge on any atom is 0.349 e. The largest absolute Gasteiger partial charge is 0.491 e. The van der Waals surface area contributed by atoms with Crippen molar-refractivity contribution in [1.82, 2.24) is 9.66 Å². The van der Waals surface area contributed by atoms with Crippen LogP contribution in [0.1, 0.15) is 25.8 Å². The van der Waals surface area contributed by atoms with E-state index < -0.39 is 11.2 Å². The van der Waals surface area contributed by atoms with Crippen LogP contribution in [0.3, 0.4) is 0 Å². The van der Waals surface area contributed by atoms with Crippen LogP contribution in [0.5, 0.6) is 5.75 Å². The summed E-state index contributed by atoms with van der Waals surface area (Å²) in [6.07, 6.45) is 2.55. The minimum Gasteiger partial charge on any atom is -0.491 e. The van der Waals surface area contributed by atoms with Crippen LogP contribution in [-0.4, -0.2) is 22.0 Å². The number of ether oxygens (including phenoxy) is 1. The van der Waals surface area contributed by atoms with Gasteiger partial charge in [-0.2, -0.15) is 5.10 Å². The molecule has 6 nitrogen and oxygen atoms in total. The monoisotopic (exact) mass is 337 g/mol. The van der Waals surface area contributed by atoms with Crippen molar-refractivity contribution in [1.29, 1.82) is 0 Å². The van der Waals surface area contributed by atoms with E-state index in [1.165, 1.54) is 6.21 Å². The Kier molecular flexibility index (Phi) is 4.79. The second kappa shape index (κ2) is 7.17. The van der Waals surface area contributed by atoms with Crippen LogP contribution in [0.25, 0.3) is 10.9 Å². The number of fused-ring (bicyclic) bond motifs is 1. The fourth-order valence-corrected chi connectivity index (χ4v) is 2.33. The third kappa shape index (κ3) is 3.68. The number of para-hydroxylation sites is 1. The Morgan fingerprint density at radius 3 is 2.60 bits per heavy atom. The van der Waals surface area contributed by atoms with Crippen LogP contribution in [0, 0.1) is 0 Å². The van der Waals surface area contributed by atoms with Crippen molar-refractivity contribution in [2.45, 2.75) is 26.4 Å². The van der Waals surface area contributed by atoms with Crippen molar-refractivity contribution in [2.75, 3.05) is 0 Å². The summed E-state index contributed by atoms with van der Waals surface area (Å²) in [5.41, 5.74) is 0.232. The van der Waals surface area contributed by atoms with Crippen molar-refractivity contribution >= 4 is 17.1 Å². The number of benzene rings is 2. The smallest absolute Gasteiger partial charge is 0.349 e. The third-order valence-corrected chi connectivity index (χ3v) is 3.90.